The smallest absolute Gasteiger partial charge is 0.260 e. The van der Waals surface area contributed by atoms with E-state index in [1.54, 1.807) is 0 Å². The molecule has 1 saturated carbocycles. The molecule has 0 atom stereocenters. The van der Waals surface area contributed by atoms with E-state index in [4.69, 9.17) is 10.3 Å². The van der Waals surface area contributed by atoms with Gasteiger partial charge in [-0.25, -0.2) is 0 Å². The maximum Gasteiger partial charge on any atom is 0.260 e. The number of nitrogens with zero attached hydrogens (tertiary/aromatic N) is 2. The molecule has 0 bridgehead atoms. The first kappa shape index (κ1) is 10.8. The van der Waals surface area contributed by atoms with Gasteiger partial charge in [-0.2, -0.15) is 4.98 Å². The number of nitrogens with two attached hydrogens (primary N) is 1. The molecule has 0 amide bonds. The van der Waals surface area contributed by atoms with Gasteiger partial charge in [0, 0.05) is 16.1 Å². The molecule has 3 rings (SSSR count). The van der Waals surface area contributed by atoms with E-state index in [0.717, 1.165) is 28.7 Å². The fraction of sp³-hybridized carbons (Fsp3) is 0.333. The molecule has 0 unspecified atom stereocenters. The summed E-state index contributed by atoms with van der Waals surface area (Å²) in [7, 11) is 0. The molecule has 0 radical (unpaired) electrons. The summed E-state index contributed by atoms with van der Waals surface area (Å²) in [6.07, 6.45) is 3.58. The van der Waals surface area contributed by atoms with Gasteiger partial charge in [0.25, 0.3) is 5.89 Å². The van der Waals surface area contributed by atoms with Crippen LogP contribution in [0.15, 0.2) is 27.2 Å². The molecule has 5 heteroatoms. The Morgan fingerprint density at radius 3 is 2.82 bits per heavy atom. The van der Waals surface area contributed by atoms with E-state index in [1.807, 2.05) is 18.2 Å². The number of anilines is 1. The number of hydrogen-bond acceptors (Lipinski definition) is 4. The van der Waals surface area contributed by atoms with Crippen LogP contribution in [-0.4, -0.2) is 10.1 Å². The van der Waals surface area contributed by atoms with Crippen molar-refractivity contribution in [2.75, 3.05) is 5.73 Å². The predicted molar refractivity (Wildman–Crippen MR) is 68.4 cm³/mol. The minimum absolute atomic E-state index is 0.476. The average molecular weight is 294 g/mol. The molecule has 4 nitrogen and oxygen atoms in total. The zero-order chi connectivity index (χ0) is 11.8. The Bertz CT molecular complexity index is 548. The van der Waals surface area contributed by atoms with Crippen molar-refractivity contribution in [2.45, 2.75) is 25.2 Å². The first-order valence-corrected chi connectivity index (χ1v) is 6.42. The number of rotatable bonds is 2. The lowest BCUT2D eigenvalue weighted by Gasteiger charge is -2.20. The van der Waals surface area contributed by atoms with Crippen molar-refractivity contribution in [2.24, 2.45) is 0 Å². The van der Waals surface area contributed by atoms with Gasteiger partial charge in [0.1, 0.15) is 0 Å². The van der Waals surface area contributed by atoms with Crippen LogP contribution in [0.2, 0.25) is 0 Å². The highest BCUT2D eigenvalue weighted by atomic mass is 79.9. The second-order valence-corrected chi connectivity index (χ2v) is 5.23. The molecular weight excluding hydrogens is 282 g/mol. The number of benzene rings is 1. The van der Waals surface area contributed by atoms with Crippen LogP contribution in [0.3, 0.4) is 0 Å². The molecule has 1 fully saturated rings. The average Bonchev–Trinajstić information content (AvgIpc) is 2.64. The SMILES string of the molecule is Nc1cc(Br)ccc1-c1nc(C2CCC2)no1. The second-order valence-electron chi connectivity index (χ2n) is 4.32. The van der Waals surface area contributed by atoms with Gasteiger partial charge < -0.3 is 10.3 Å². The van der Waals surface area contributed by atoms with Gasteiger partial charge in [-0.15, -0.1) is 0 Å². The van der Waals surface area contributed by atoms with E-state index in [2.05, 4.69) is 26.1 Å². The molecule has 0 saturated heterocycles. The molecule has 0 aliphatic heterocycles. The van der Waals surface area contributed by atoms with Gasteiger partial charge >= 0.3 is 0 Å². The van der Waals surface area contributed by atoms with Crippen molar-refractivity contribution in [1.82, 2.24) is 10.1 Å². The summed E-state index contributed by atoms with van der Waals surface area (Å²) in [5, 5.41) is 4.02. The maximum absolute atomic E-state index is 5.93. The third-order valence-corrected chi connectivity index (χ3v) is 3.65. The van der Waals surface area contributed by atoms with E-state index in [9.17, 15) is 0 Å². The van der Waals surface area contributed by atoms with Gasteiger partial charge in [0.2, 0.25) is 0 Å². The summed E-state index contributed by atoms with van der Waals surface area (Å²) in [5.74, 6) is 1.80. The van der Waals surface area contributed by atoms with Crippen LogP contribution in [0.5, 0.6) is 0 Å². The van der Waals surface area contributed by atoms with Gasteiger partial charge in [-0.1, -0.05) is 27.5 Å². The van der Waals surface area contributed by atoms with Crippen molar-refractivity contribution < 1.29 is 4.52 Å². The number of halogens is 1. The monoisotopic (exact) mass is 293 g/mol. The molecular formula is C12H12BrN3O. The van der Waals surface area contributed by atoms with Crippen LogP contribution in [0.25, 0.3) is 11.5 Å². The fourth-order valence-electron chi connectivity index (χ4n) is 1.90. The highest BCUT2D eigenvalue weighted by Crippen LogP contribution is 2.36. The van der Waals surface area contributed by atoms with Crippen LogP contribution >= 0.6 is 15.9 Å². The molecule has 1 aromatic carbocycles. The maximum atomic E-state index is 5.93. The highest BCUT2D eigenvalue weighted by Gasteiger charge is 2.25. The van der Waals surface area contributed by atoms with E-state index in [-0.39, 0.29) is 0 Å². The van der Waals surface area contributed by atoms with Crippen molar-refractivity contribution in [3.8, 4) is 11.5 Å². The van der Waals surface area contributed by atoms with Gasteiger partial charge in [0.05, 0.1) is 5.56 Å². The van der Waals surface area contributed by atoms with Crippen molar-refractivity contribution in [3.63, 3.8) is 0 Å². The predicted octanol–water partition coefficient (Wildman–Crippen LogP) is 3.35. The van der Waals surface area contributed by atoms with Crippen LogP contribution in [-0.2, 0) is 0 Å². The Balaban J connectivity index is 1.94. The lowest BCUT2D eigenvalue weighted by atomic mass is 9.85. The Morgan fingerprint density at radius 2 is 2.18 bits per heavy atom. The summed E-state index contributed by atoms with van der Waals surface area (Å²) in [5.41, 5.74) is 7.37. The normalized spacial score (nSPS) is 15.8. The van der Waals surface area contributed by atoms with Crippen LogP contribution in [0.1, 0.15) is 31.0 Å². The Labute approximate surface area is 107 Å². The summed E-state index contributed by atoms with van der Waals surface area (Å²) in [6.45, 7) is 0. The van der Waals surface area contributed by atoms with Crippen molar-refractivity contribution in [3.05, 3.63) is 28.5 Å². The topological polar surface area (TPSA) is 64.9 Å². The largest absolute Gasteiger partial charge is 0.398 e. The molecule has 88 valence electrons. The van der Waals surface area contributed by atoms with E-state index in [0.29, 0.717) is 17.5 Å². The standard InChI is InChI=1S/C12H12BrN3O/c13-8-4-5-9(10(14)6-8)12-15-11(16-17-12)7-2-1-3-7/h4-7H,1-3,14H2. The summed E-state index contributed by atoms with van der Waals surface area (Å²) in [6, 6.07) is 5.64. The Hall–Kier alpha value is -1.36. The molecule has 2 N–H and O–H groups in total. The van der Waals surface area contributed by atoms with Gasteiger partial charge in [-0.05, 0) is 31.0 Å². The third-order valence-electron chi connectivity index (χ3n) is 3.16. The van der Waals surface area contributed by atoms with Crippen LogP contribution in [0, 0.1) is 0 Å². The molecule has 1 aliphatic carbocycles. The second kappa shape index (κ2) is 4.14. The Morgan fingerprint density at radius 1 is 1.35 bits per heavy atom. The number of hydrogen-bond donors (Lipinski definition) is 1. The quantitative estimate of drug-likeness (QED) is 0.863. The summed E-state index contributed by atoms with van der Waals surface area (Å²) in [4.78, 5) is 4.42. The molecule has 2 aromatic rings. The molecule has 0 spiro atoms. The zero-order valence-corrected chi connectivity index (χ0v) is 10.8. The van der Waals surface area contributed by atoms with Gasteiger partial charge in [0.15, 0.2) is 5.82 Å². The van der Waals surface area contributed by atoms with E-state index >= 15 is 0 Å². The zero-order valence-electron chi connectivity index (χ0n) is 9.19. The fourth-order valence-corrected chi connectivity index (χ4v) is 2.28. The minimum atomic E-state index is 0.476. The molecule has 1 aliphatic rings. The first-order valence-electron chi connectivity index (χ1n) is 5.63. The van der Waals surface area contributed by atoms with Crippen molar-refractivity contribution in [1.29, 1.82) is 0 Å². The third kappa shape index (κ3) is 1.95. The lowest BCUT2D eigenvalue weighted by molar-refractivity contribution is 0.366. The molecule has 17 heavy (non-hydrogen) atoms. The molecule has 1 heterocycles. The molecule has 1 aromatic heterocycles. The van der Waals surface area contributed by atoms with Crippen LogP contribution < -0.4 is 5.73 Å². The lowest BCUT2D eigenvalue weighted by Crippen LogP contribution is -2.10. The summed E-state index contributed by atoms with van der Waals surface area (Å²) >= 11 is 3.37. The van der Waals surface area contributed by atoms with E-state index < -0.39 is 0 Å². The number of nitrogen functional groups attached to an aromatic ring is 1. The summed E-state index contributed by atoms with van der Waals surface area (Å²) < 4.78 is 6.21. The van der Waals surface area contributed by atoms with Crippen molar-refractivity contribution >= 4 is 21.6 Å². The highest BCUT2D eigenvalue weighted by molar-refractivity contribution is 9.10. The van der Waals surface area contributed by atoms with Gasteiger partial charge in [-0.3, -0.25) is 0 Å². The van der Waals surface area contributed by atoms with E-state index in [1.165, 1.54) is 6.42 Å². The van der Waals surface area contributed by atoms with Crippen LogP contribution in [0.4, 0.5) is 5.69 Å². The minimum Gasteiger partial charge on any atom is -0.398 e. The Kier molecular flexibility index (Phi) is 2.63. The number of aromatic nitrogens is 2. The first-order chi connectivity index (χ1) is 8.24.